The number of hydrogen-bond donors (Lipinski definition) is 3. The second-order valence-electron chi connectivity index (χ2n) is 5.81. The minimum atomic E-state index is -1.11. The summed E-state index contributed by atoms with van der Waals surface area (Å²) in [4.78, 5) is 11.6. The van der Waals surface area contributed by atoms with Gasteiger partial charge in [-0.05, 0) is 17.4 Å². The van der Waals surface area contributed by atoms with E-state index in [1.54, 1.807) is 6.08 Å². The highest BCUT2D eigenvalue weighted by molar-refractivity contribution is 5.88. The molecule has 1 aliphatic carbocycles. The monoisotopic (exact) mass is 296 g/mol. The van der Waals surface area contributed by atoms with Crippen molar-refractivity contribution in [1.82, 2.24) is 0 Å². The normalized spacial score (nSPS) is 35.9. The van der Waals surface area contributed by atoms with Gasteiger partial charge in [-0.1, -0.05) is 26.2 Å². The van der Waals surface area contributed by atoms with E-state index in [-0.39, 0.29) is 18.6 Å². The van der Waals surface area contributed by atoms with E-state index in [0.717, 1.165) is 0 Å². The fourth-order valence-corrected chi connectivity index (χ4v) is 3.25. The van der Waals surface area contributed by atoms with Gasteiger partial charge in [-0.2, -0.15) is 0 Å². The van der Waals surface area contributed by atoms with Gasteiger partial charge < -0.3 is 20.1 Å². The lowest BCUT2D eigenvalue weighted by molar-refractivity contribution is -0.140. The van der Waals surface area contributed by atoms with E-state index in [1.165, 1.54) is 7.11 Å². The molecule has 5 heteroatoms. The number of methoxy groups -OCH3 is 1. The van der Waals surface area contributed by atoms with Gasteiger partial charge in [0.15, 0.2) is 0 Å². The molecule has 0 bridgehead atoms. The molecule has 0 aromatic heterocycles. The van der Waals surface area contributed by atoms with E-state index in [0.29, 0.717) is 5.57 Å². The average molecular weight is 296 g/mol. The molecule has 5 nitrogen and oxygen atoms in total. The number of carbonyl (C=O) groups excluding carboxylic acids is 1. The van der Waals surface area contributed by atoms with E-state index in [4.69, 9.17) is 0 Å². The molecule has 0 aromatic rings. The number of esters is 1. The molecule has 5 atom stereocenters. The predicted octanol–water partition coefficient (Wildman–Crippen LogP) is 0.814. The van der Waals surface area contributed by atoms with Gasteiger partial charge in [0.1, 0.15) is 0 Å². The lowest BCUT2D eigenvalue weighted by atomic mass is 9.58. The Morgan fingerprint density at radius 3 is 2.43 bits per heavy atom. The van der Waals surface area contributed by atoms with Gasteiger partial charge in [0.05, 0.1) is 25.9 Å². The lowest BCUT2D eigenvalue weighted by Crippen LogP contribution is -2.53. The Morgan fingerprint density at radius 2 is 2.00 bits per heavy atom. The number of aliphatic hydroxyl groups excluding tert-OH is 3. The summed E-state index contributed by atoms with van der Waals surface area (Å²) in [6, 6.07) is 0. The molecule has 0 unspecified atom stereocenters. The molecule has 0 saturated heterocycles. The van der Waals surface area contributed by atoms with Crippen molar-refractivity contribution in [3.05, 3.63) is 37.0 Å². The average Bonchev–Trinajstić information content (AvgIpc) is 2.45. The van der Waals surface area contributed by atoms with E-state index in [2.05, 4.69) is 24.5 Å². The zero-order chi connectivity index (χ0) is 16.4. The molecule has 1 aliphatic rings. The molecule has 1 saturated carbocycles. The van der Waals surface area contributed by atoms with Gasteiger partial charge in [-0.25, -0.2) is 4.79 Å². The van der Waals surface area contributed by atoms with Crippen molar-refractivity contribution in [3.63, 3.8) is 0 Å². The van der Waals surface area contributed by atoms with Crippen LogP contribution in [0, 0.1) is 17.3 Å². The Hall–Kier alpha value is -1.43. The summed E-state index contributed by atoms with van der Waals surface area (Å²) in [6.07, 6.45) is -0.152. The zero-order valence-corrected chi connectivity index (χ0v) is 12.6. The SMILES string of the molecule is C=C[C@]1(C)C[C@@H](O)[C@H](C(=C)C(=O)OC)[C@@H](O)[C@@H]1C(=C)CO. The zero-order valence-electron chi connectivity index (χ0n) is 12.6. The molecule has 0 aliphatic heterocycles. The van der Waals surface area contributed by atoms with Crippen LogP contribution < -0.4 is 0 Å². The number of rotatable bonds is 5. The van der Waals surface area contributed by atoms with Crippen molar-refractivity contribution in [1.29, 1.82) is 0 Å². The van der Waals surface area contributed by atoms with Crippen LogP contribution in [0.5, 0.6) is 0 Å². The van der Waals surface area contributed by atoms with Crippen molar-refractivity contribution in [2.45, 2.75) is 25.6 Å². The molecular formula is C16H24O5. The van der Waals surface area contributed by atoms with Crippen molar-refractivity contribution in [3.8, 4) is 0 Å². The molecule has 118 valence electrons. The lowest BCUT2D eigenvalue weighted by Gasteiger charge is -2.49. The molecule has 0 amide bonds. The Kier molecular flexibility index (Phi) is 5.50. The van der Waals surface area contributed by atoms with Crippen molar-refractivity contribution < 1.29 is 24.9 Å². The van der Waals surface area contributed by atoms with Gasteiger partial charge in [-0.3, -0.25) is 0 Å². The van der Waals surface area contributed by atoms with Crippen LogP contribution >= 0.6 is 0 Å². The predicted molar refractivity (Wildman–Crippen MR) is 79.3 cm³/mol. The maximum Gasteiger partial charge on any atom is 0.333 e. The standard InChI is InChI=1S/C16H24O5/c1-6-16(4)7-11(18)12(10(3)15(20)21-5)14(19)13(16)9(2)8-17/h6,11-14,17-19H,1-3,7-8H2,4-5H3/t11-,12+,13+,14-,16-/m1/s1. The summed E-state index contributed by atoms with van der Waals surface area (Å²) in [5.41, 5.74) is -0.190. The van der Waals surface area contributed by atoms with Crippen LogP contribution in [-0.2, 0) is 9.53 Å². The summed E-state index contributed by atoms with van der Waals surface area (Å²) < 4.78 is 4.61. The first kappa shape index (κ1) is 17.6. The molecule has 1 fully saturated rings. The van der Waals surface area contributed by atoms with Gasteiger partial charge in [0.2, 0.25) is 0 Å². The van der Waals surface area contributed by atoms with E-state index < -0.39 is 35.4 Å². The minimum Gasteiger partial charge on any atom is -0.466 e. The first-order chi connectivity index (χ1) is 9.73. The fraction of sp³-hybridized carbons (Fsp3) is 0.562. The van der Waals surface area contributed by atoms with Crippen LogP contribution in [0.25, 0.3) is 0 Å². The molecular weight excluding hydrogens is 272 g/mol. The largest absolute Gasteiger partial charge is 0.466 e. The summed E-state index contributed by atoms with van der Waals surface area (Å²) in [7, 11) is 1.22. The number of allylic oxidation sites excluding steroid dienone is 1. The first-order valence-corrected chi connectivity index (χ1v) is 6.78. The van der Waals surface area contributed by atoms with Crippen molar-refractivity contribution >= 4 is 5.97 Å². The quantitative estimate of drug-likeness (QED) is 0.397. The van der Waals surface area contributed by atoms with Crippen LogP contribution in [0.4, 0.5) is 0 Å². The Morgan fingerprint density at radius 1 is 1.43 bits per heavy atom. The van der Waals surface area contributed by atoms with Crippen molar-refractivity contribution in [2.24, 2.45) is 17.3 Å². The summed E-state index contributed by atoms with van der Waals surface area (Å²) in [5, 5.41) is 30.3. The van der Waals surface area contributed by atoms with Gasteiger partial charge in [0, 0.05) is 17.4 Å². The van der Waals surface area contributed by atoms with E-state index in [1.807, 2.05) is 6.92 Å². The maximum atomic E-state index is 11.6. The van der Waals surface area contributed by atoms with Crippen LogP contribution in [0.2, 0.25) is 0 Å². The topological polar surface area (TPSA) is 87.0 Å². The molecule has 0 heterocycles. The second-order valence-corrected chi connectivity index (χ2v) is 5.81. The number of aliphatic hydroxyl groups is 3. The number of ether oxygens (including phenoxy) is 1. The highest BCUT2D eigenvalue weighted by Crippen LogP contribution is 2.49. The summed E-state index contributed by atoms with van der Waals surface area (Å²) in [5.74, 6) is -2.07. The number of carbonyl (C=O) groups is 1. The Labute approximate surface area is 125 Å². The highest BCUT2D eigenvalue weighted by atomic mass is 16.5. The summed E-state index contributed by atoms with van der Waals surface area (Å²) in [6.45, 7) is 12.7. The van der Waals surface area contributed by atoms with E-state index in [9.17, 15) is 20.1 Å². The smallest absolute Gasteiger partial charge is 0.333 e. The van der Waals surface area contributed by atoms with Gasteiger partial charge in [0.25, 0.3) is 0 Å². The molecule has 0 radical (unpaired) electrons. The van der Waals surface area contributed by atoms with Crippen molar-refractivity contribution in [2.75, 3.05) is 13.7 Å². The third kappa shape index (κ3) is 3.10. The Balaban J connectivity index is 3.22. The molecule has 0 aromatic carbocycles. The third-order valence-corrected chi connectivity index (χ3v) is 4.44. The molecule has 1 rings (SSSR count). The maximum absolute atomic E-state index is 11.6. The summed E-state index contributed by atoms with van der Waals surface area (Å²) >= 11 is 0. The molecule has 3 N–H and O–H groups in total. The third-order valence-electron chi connectivity index (χ3n) is 4.44. The number of hydrogen-bond acceptors (Lipinski definition) is 5. The van der Waals surface area contributed by atoms with Crippen LogP contribution in [0.15, 0.2) is 37.0 Å². The van der Waals surface area contributed by atoms with Gasteiger partial charge in [-0.15, -0.1) is 6.58 Å². The molecule has 21 heavy (non-hydrogen) atoms. The van der Waals surface area contributed by atoms with E-state index >= 15 is 0 Å². The minimum absolute atomic E-state index is 0.0133. The molecule has 0 spiro atoms. The Bertz CT molecular complexity index is 456. The van der Waals surface area contributed by atoms with Crippen LogP contribution in [-0.4, -0.2) is 47.2 Å². The van der Waals surface area contributed by atoms with Crippen LogP contribution in [0.3, 0.4) is 0 Å². The highest BCUT2D eigenvalue weighted by Gasteiger charge is 2.51. The van der Waals surface area contributed by atoms with Gasteiger partial charge >= 0.3 is 5.97 Å². The second kappa shape index (κ2) is 6.56. The fourth-order valence-electron chi connectivity index (χ4n) is 3.25. The van der Waals surface area contributed by atoms with Crippen LogP contribution in [0.1, 0.15) is 13.3 Å². The first-order valence-electron chi connectivity index (χ1n) is 6.78.